The molecular formula is C15H16ClN. The molecule has 2 rings (SSSR count). The van der Waals surface area contributed by atoms with Crippen LogP contribution >= 0.6 is 11.6 Å². The van der Waals surface area contributed by atoms with E-state index in [9.17, 15) is 0 Å². The molecule has 1 N–H and O–H groups in total. The third-order valence-electron chi connectivity index (χ3n) is 2.69. The first-order valence-corrected chi connectivity index (χ1v) is 6.08. The normalized spacial score (nSPS) is 10.3. The molecule has 0 fully saturated rings. The molecule has 2 heteroatoms. The van der Waals surface area contributed by atoms with E-state index < -0.39 is 0 Å². The fourth-order valence-electron chi connectivity index (χ4n) is 1.78. The SMILES string of the molecule is Cc1cccc(CNc2ccc(C)cc2Cl)c1. The number of aryl methyl sites for hydroxylation is 2. The molecule has 0 heterocycles. The lowest BCUT2D eigenvalue weighted by Crippen LogP contribution is -2.00. The summed E-state index contributed by atoms with van der Waals surface area (Å²) in [5.41, 5.74) is 4.70. The third kappa shape index (κ3) is 3.24. The summed E-state index contributed by atoms with van der Waals surface area (Å²) in [6, 6.07) is 14.5. The molecule has 2 aromatic carbocycles. The fraction of sp³-hybridized carbons (Fsp3) is 0.200. The maximum Gasteiger partial charge on any atom is 0.0640 e. The van der Waals surface area contributed by atoms with E-state index in [0.29, 0.717) is 0 Å². The Morgan fingerprint density at radius 2 is 1.76 bits per heavy atom. The quantitative estimate of drug-likeness (QED) is 0.835. The minimum Gasteiger partial charge on any atom is -0.380 e. The van der Waals surface area contributed by atoms with Crippen molar-refractivity contribution in [3.8, 4) is 0 Å². The lowest BCUT2D eigenvalue weighted by molar-refractivity contribution is 1.14. The summed E-state index contributed by atoms with van der Waals surface area (Å²) in [5.74, 6) is 0. The molecule has 0 saturated carbocycles. The molecule has 0 aliphatic rings. The lowest BCUT2D eigenvalue weighted by atomic mass is 10.1. The van der Waals surface area contributed by atoms with Crippen LogP contribution in [0.2, 0.25) is 5.02 Å². The second kappa shape index (κ2) is 5.24. The molecule has 1 nitrogen and oxygen atoms in total. The van der Waals surface area contributed by atoms with E-state index in [1.54, 1.807) is 0 Å². The highest BCUT2D eigenvalue weighted by atomic mass is 35.5. The van der Waals surface area contributed by atoms with Gasteiger partial charge in [0.2, 0.25) is 0 Å². The second-order valence-corrected chi connectivity index (χ2v) is 4.73. The molecule has 0 aliphatic heterocycles. The fourth-order valence-corrected chi connectivity index (χ4v) is 2.08. The van der Waals surface area contributed by atoms with E-state index >= 15 is 0 Å². The largest absolute Gasteiger partial charge is 0.380 e. The van der Waals surface area contributed by atoms with Gasteiger partial charge in [0.15, 0.2) is 0 Å². The van der Waals surface area contributed by atoms with E-state index in [-0.39, 0.29) is 0 Å². The van der Waals surface area contributed by atoms with Crippen LogP contribution in [0.5, 0.6) is 0 Å². The summed E-state index contributed by atoms with van der Waals surface area (Å²) in [5, 5.41) is 4.13. The Morgan fingerprint density at radius 3 is 2.47 bits per heavy atom. The van der Waals surface area contributed by atoms with Gasteiger partial charge in [0.05, 0.1) is 10.7 Å². The molecule has 2 aromatic rings. The number of rotatable bonds is 3. The maximum absolute atomic E-state index is 6.16. The minimum atomic E-state index is 0.776. The van der Waals surface area contributed by atoms with Gasteiger partial charge in [0, 0.05) is 6.54 Å². The van der Waals surface area contributed by atoms with Gasteiger partial charge in [0.1, 0.15) is 0 Å². The molecule has 0 unspecified atom stereocenters. The second-order valence-electron chi connectivity index (χ2n) is 4.33. The predicted molar refractivity (Wildman–Crippen MR) is 74.7 cm³/mol. The van der Waals surface area contributed by atoms with Crippen molar-refractivity contribution in [1.82, 2.24) is 0 Å². The van der Waals surface area contributed by atoms with Gasteiger partial charge in [-0.05, 0) is 37.1 Å². The first-order chi connectivity index (χ1) is 8.15. The minimum absolute atomic E-state index is 0.776. The summed E-state index contributed by atoms with van der Waals surface area (Å²) in [4.78, 5) is 0. The Morgan fingerprint density at radius 1 is 1.00 bits per heavy atom. The molecule has 0 aromatic heterocycles. The average molecular weight is 246 g/mol. The highest BCUT2D eigenvalue weighted by Gasteiger charge is 2.00. The van der Waals surface area contributed by atoms with Crippen LogP contribution in [0.1, 0.15) is 16.7 Å². The van der Waals surface area contributed by atoms with Crippen molar-refractivity contribution in [2.45, 2.75) is 20.4 Å². The van der Waals surface area contributed by atoms with Crippen molar-refractivity contribution in [3.63, 3.8) is 0 Å². The number of halogens is 1. The summed E-state index contributed by atoms with van der Waals surface area (Å²) in [7, 11) is 0. The van der Waals surface area contributed by atoms with Crippen LogP contribution in [0.15, 0.2) is 42.5 Å². The van der Waals surface area contributed by atoms with Gasteiger partial charge in [-0.1, -0.05) is 47.5 Å². The number of hydrogen-bond acceptors (Lipinski definition) is 1. The number of benzene rings is 2. The van der Waals surface area contributed by atoms with Crippen LogP contribution < -0.4 is 5.32 Å². The van der Waals surface area contributed by atoms with E-state index in [4.69, 9.17) is 11.6 Å². The summed E-state index contributed by atoms with van der Waals surface area (Å²) >= 11 is 6.16. The van der Waals surface area contributed by atoms with E-state index in [1.807, 2.05) is 19.1 Å². The van der Waals surface area contributed by atoms with Crippen molar-refractivity contribution in [1.29, 1.82) is 0 Å². The number of nitrogens with one attached hydrogen (secondary N) is 1. The standard InChI is InChI=1S/C15H16ClN/c1-11-4-3-5-13(8-11)10-17-15-7-6-12(2)9-14(15)16/h3-9,17H,10H2,1-2H3. The van der Waals surface area contributed by atoms with Gasteiger partial charge in [-0.25, -0.2) is 0 Å². The molecule has 0 saturated heterocycles. The van der Waals surface area contributed by atoms with E-state index in [1.165, 1.54) is 16.7 Å². The Hall–Kier alpha value is -1.47. The maximum atomic E-state index is 6.16. The highest BCUT2D eigenvalue weighted by Crippen LogP contribution is 2.23. The zero-order valence-electron chi connectivity index (χ0n) is 10.1. The molecule has 0 radical (unpaired) electrons. The Labute approximate surface area is 107 Å². The zero-order chi connectivity index (χ0) is 12.3. The van der Waals surface area contributed by atoms with Gasteiger partial charge < -0.3 is 5.32 Å². The Bertz CT molecular complexity index is 520. The molecule has 0 bridgehead atoms. The Kier molecular flexibility index (Phi) is 3.70. The van der Waals surface area contributed by atoms with Gasteiger partial charge >= 0.3 is 0 Å². The molecule has 0 atom stereocenters. The lowest BCUT2D eigenvalue weighted by Gasteiger charge is -2.09. The molecule has 17 heavy (non-hydrogen) atoms. The van der Waals surface area contributed by atoms with E-state index in [2.05, 4.69) is 42.6 Å². The predicted octanol–water partition coefficient (Wildman–Crippen LogP) is 4.57. The van der Waals surface area contributed by atoms with Crippen LogP contribution in [-0.4, -0.2) is 0 Å². The summed E-state index contributed by atoms with van der Waals surface area (Å²) in [6.07, 6.45) is 0. The molecular weight excluding hydrogens is 230 g/mol. The van der Waals surface area contributed by atoms with Crippen LogP contribution in [0, 0.1) is 13.8 Å². The van der Waals surface area contributed by atoms with Crippen molar-refractivity contribution in [2.75, 3.05) is 5.32 Å². The van der Waals surface area contributed by atoms with Crippen LogP contribution in [0.3, 0.4) is 0 Å². The third-order valence-corrected chi connectivity index (χ3v) is 3.00. The first kappa shape index (κ1) is 12.0. The van der Waals surface area contributed by atoms with Crippen molar-refractivity contribution < 1.29 is 0 Å². The summed E-state index contributed by atoms with van der Waals surface area (Å²) < 4.78 is 0. The Balaban J connectivity index is 2.07. The average Bonchev–Trinajstić information content (AvgIpc) is 2.28. The van der Waals surface area contributed by atoms with Crippen molar-refractivity contribution in [2.24, 2.45) is 0 Å². The van der Waals surface area contributed by atoms with Gasteiger partial charge in [-0.3, -0.25) is 0 Å². The topological polar surface area (TPSA) is 12.0 Å². The van der Waals surface area contributed by atoms with Crippen LogP contribution in [0.25, 0.3) is 0 Å². The zero-order valence-corrected chi connectivity index (χ0v) is 10.9. The van der Waals surface area contributed by atoms with Crippen LogP contribution in [0.4, 0.5) is 5.69 Å². The summed E-state index contributed by atoms with van der Waals surface area (Å²) in [6.45, 7) is 4.93. The van der Waals surface area contributed by atoms with Gasteiger partial charge in [0.25, 0.3) is 0 Å². The molecule has 0 spiro atoms. The smallest absolute Gasteiger partial charge is 0.0640 e. The molecule has 88 valence electrons. The van der Waals surface area contributed by atoms with Gasteiger partial charge in [-0.15, -0.1) is 0 Å². The molecule has 0 amide bonds. The first-order valence-electron chi connectivity index (χ1n) is 5.71. The highest BCUT2D eigenvalue weighted by molar-refractivity contribution is 6.33. The van der Waals surface area contributed by atoms with Crippen LogP contribution in [-0.2, 0) is 6.54 Å². The molecule has 0 aliphatic carbocycles. The monoisotopic (exact) mass is 245 g/mol. The number of anilines is 1. The van der Waals surface area contributed by atoms with Crippen molar-refractivity contribution >= 4 is 17.3 Å². The van der Waals surface area contributed by atoms with Gasteiger partial charge in [-0.2, -0.15) is 0 Å². The van der Waals surface area contributed by atoms with E-state index in [0.717, 1.165) is 17.3 Å². The number of hydrogen-bond donors (Lipinski definition) is 1. The van der Waals surface area contributed by atoms with Crippen molar-refractivity contribution in [3.05, 3.63) is 64.2 Å².